The van der Waals surface area contributed by atoms with Crippen LogP contribution in [0, 0.1) is 4.77 Å². The third-order valence-corrected chi connectivity index (χ3v) is 3.22. The average Bonchev–Trinajstić information content (AvgIpc) is 2.71. The molecular formula is C10H10BrN3O2S. The number of aromatic nitrogens is 3. The Balaban J connectivity index is 2.66. The lowest BCUT2D eigenvalue weighted by atomic mass is 10.3. The Hall–Kier alpha value is -1.18. The number of hydrogen-bond acceptors (Lipinski definition) is 4. The predicted molar refractivity (Wildman–Crippen MR) is 68.9 cm³/mol. The van der Waals surface area contributed by atoms with Gasteiger partial charge in [0.05, 0.1) is 12.8 Å². The van der Waals surface area contributed by atoms with E-state index in [0.717, 1.165) is 10.2 Å². The summed E-state index contributed by atoms with van der Waals surface area (Å²) in [7, 11) is 1.59. The van der Waals surface area contributed by atoms with E-state index in [-0.39, 0.29) is 6.61 Å². The molecule has 0 spiro atoms. The van der Waals surface area contributed by atoms with Gasteiger partial charge in [-0.25, -0.2) is 0 Å². The van der Waals surface area contributed by atoms with Gasteiger partial charge in [-0.05, 0) is 40.3 Å². The zero-order valence-electron chi connectivity index (χ0n) is 8.98. The van der Waals surface area contributed by atoms with Gasteiger partial charge in [0.1, 0.15) is 12.4 Å². The van der Waals surface area contributed by atoms with Crippen molar-refractivity contribution in [2.24, 2.45) is 0 Å². The molecule has 2 rings (SSSR count). The van der Waals surface area contributed by atoms with Crippen LogP contribution in [0.3, 0.4) is 0 Å². The fourth-order valence-electron chi connectivity index (χ4n) is 1.47. The molecule has 0 aliphatic carbocycles. The smallest absolute Gasteiger partial charge is 0.199 e. The first kappa shape index (κ1) is 12.3. The second-order valence-electron chi connectivity index (χ2n) is 3.26. The Kier molecular flexibility index (Phi) is 3.60. The van der Waals surface area contributed by atoms with E-state index in [4.69, 9.17) is 17.0 Å². The molecule has 0 unspecified atom stereocenters. The number of hydrogen-bond donors (Lipinski definition) is 2. The van der Waals surface area contributed by atoms with Gasteiger partial charge in [0.25, 0.3) is 0 Å². The molecule has 90 valence electrons. The van der Waals surface area contributed by atoms with E-state index in [1.54, 1.807) is 11.7 Å². The number of halogens is 1. The first-order valence-corrected chi connectivity index (χ1v) is 5.98. The van der Waals surface area contributed by atoms with Crippen LogP contribution in [0.15, 0.2) is 22.7 Å². The number of rotatable bonds is 3. The van der Waals surface area contributed by atoms with Crippen LogP contribution in [0.5, 0.6) is 5.75 Å². The summed E-state index contributed by atoms with van der Waals surface area (Å²) < 4.78 is 8.07. The van der Waals surface area contributed by atoms with Crippen LogP contribution in [0.1, 0.15) is 5.82 Å². The molecule has 17 heavy (non-hydrogen) atoms. The van der Waals surface area contributed by atoms with E-state index in [2.05, 4.69) is 26.1 Å². The van der Waals surface area contributed by atoms with E-state index in [9.17, 15) is 5.11 Å². The highest BCUT2D eigenvalue weighted by Crippen LogP contribution is 2.26. The van der Waals surface area contributed by atoms with Crippen molar-refractivity contribution < 1.29 is 9.84 Å². The summed E-state index contributed by atoms with van der Waals surface area (Å²) >= 11 is 8.57. The van der Waals surface area contributed by atoms with Crippen molar-refractivity contribution in [2.45, 2.75) is 6.61 Å². The van der Waals surface area contributed by atoms with Gasteiger partial charge in [-0.2, -0.15) is 5.10 Å². The summed E-state index contributed by atoms with van der Waals surface area (Å²) in [4.78, 5) is 0. The molecule has 0 saturated heterocycles. The molecule has 2 aromatic rings. The molecule has 1 heterocycles. The third kappa shape index (κ3) is 2.26. The largest absolute Gasteiger partial charge is 0.497 e. The van der Waals surface area contributed by atoms with Crippen molar-refractivity contribution in [3.8, 4) is 11.4 Å². The Labute approximate surface area is 111 Å². The minimum absolute atomic E-state index is 0.198. The van der Waals surface area contributed by atoms with Gasteiger partial charge in [0.2, 0.25) is 0 Å². The summed E-state index contributed by atoms with van der Waals surface area (Å²) in [5.74, 6) is 1.15. The normalized spacial score (nSPS) is 10.5. The molecule has 0 amide bonds. The van der Waals surface area contributed by atoms with Gasteiger partial charge in [-0.3, -0.25) is 9.67 Å². The van der Waals surface area contributed by atoms with Crippen molar-refractivity contribution in [3.63, 3.8) is 0 Å². The first-order chi connectivity index (χ1) is 8.17. The van der Waals surface area contributed by atoms with E-state index in [1.165, 1.54) is 0 Å². The Morgan fingerprint density at radius 1 is 1.59 bits per heavy atom. The molecule has 2 N–H and O–H groups in total. The molecule has 7 heteroatoms. The lowest BCUT2D eigenvalue weighted by Crippen LogP contribution is -2.02. The van der Waals surface area contributed by atoms with Crippen LogP contribution in [-0.2, 0) is 6.61 Å². The monoisotopic (exact) mass is 315 g/mol. The number of nitrogens with zero attached hydrogens (tertiary/aromatic N) is 2. The minimum atomic E-state index is -0.198. The summed E-state index contributed by atoms with van der Waals surface area (Å²) in [6, 6.07) is 5.49. The van der Waals surface area contributed by atoms with Gasteiger partial charge >= 0.3 is 0 Å². The molecule has 0 bridgehead atoms. The van der Waals surface area contributed by atoms with Gasteiger partial charge in [-0.1, -0.05) is 0 Å². The molecule has 0 aliphatic heterocycles. The first-order valence-electron chi connectivity index (χ1n) is 4.78. The van der Waals surface area contributed by atoms with Crippen molar-refractivity contribution in [3.05, 3.63) is 33.3 Å². The molecule has 0 atom stereocenters. The fraction of sp³-hybridized carbons (Fsp3) is 0.200. The topological polar surface area (TPSA) is 63.1 Å². The maximum atomic E-state index is 9.21. The predicted octanol–water partition coefficient (Wildman–Crippen LogP) is 2.19. The van der Waals surface area contributed by atoms with Crippen molar-refractivity contribution >= 4 is 28.1 Å². The van der Waals surface area contributed by atoms with E-state index in [0.29, 0.717) is 16.3 Å². The third-order valence-electron chi connectivity index (χ3n) is 2.28. The number of methoxy groups -OCH3 is 1. The second-order valence-corrected chi connectivity index (χ2v) is 4.50. The number of nitrogens with one attached hydrogen (secondary N) is 1. The van der Waals surface area contributed by atoms with E-state index in [1.807, 2.05) is 18.2 Å². The van der Waals surface area contributed by atoms with Crippen molar-refractivity contribution in [1.29, 1.82) is 0 Å². The number of aliphatic hydroxyl groups is 1. The number of ether oxygens (including phenoxy) is 1. The molecule has 5 nitrogen and oxygen atoms in total. The van der Waals surface area contributed by atoms with Crippen LogP contribution in [0.2, 0.25) is 0 Å². The fourth-order valence-corrected chi connectivity index (χ4v) is 2.15. The van der Waals surface area contributed by atoms with Gasteiger partial charge in [0, 0.05) is 10.5 Å². The highest BCUT2D eigenvalue weighted by molar-refractivity contribution is 9.10. The van der Waals surface area contributed by atoms with E-state index >= 15 is 0 Å². The zero-order chi connectivity index (χ0) is 12.4. The Morgan fingerprint density at radius 2 is 2.35 bits per heavy atom. The molecular weight excluding hydrogens is 306 g/mol. The highest BCUT2D eigenvalue weighted by Gasteiger charge is 2.11. The van der Waals surface area contributed by atoms with E-state index < -0.39 is 0 Å². The Morgan fingerprint density at radius 3 is 3.00 bits per heavy atom. The van der Waals surface area contributed by atoms with Crippen LogP contribution < -0.4 is 4.74 Å². The van der Waals surface area contributed by atoms with Gasteiger partial charge in [0.15, 0.2) is 10.6 Å². The van der Waals surface area contributed by atoms with Gasteiger partial charge < -0.3 is 9.84 Å². The average molecular weight is 316 g/mol. The quantitative estimate of drug-likeness (QED) is 0.852. The molecule has 0 saturated carbocycles. The number of aromatic amines is 1. The summed E-state index contributed by atoms with van der Waals surface area (Å²) in [5, 5.41) is 15.8. The number of benzene rings is 1. The van der Waals surface area contributed by atoms with Crippen molar-refractivity contribution in [2.75, 3.05) is 7.11 Å². The van der Waals surface area contributed by atoms with Gasteiger partial charge in [-0.15, -0.1) is 0 Å². The lowest BCUT2D eigenvalue weighted by Gasteiger charge is -2.09. The summed E-state index contributed by atoms with van der Waals surface area (Å²) in [5.41, 5.74) is 0.771. The standard InChI is InChI=1S/C10H10BrN3O2S/c1-16-6-2-3-7(11)8(4-6)14-9(5-15)12-13-10(14)17/h2-4,15H,5H2,1H3,(H,13,17). The molecule has 1 aromatic carbocycles. The van der Waals surface area contributed by atoms with Crippen LogP contribution in [0.4, 0.5) is 0 Å². The number of aliphatic hydroxyl groups excluding tert-OH is 1. The molecule has 0 aliphatic rings. The zero-order valence-corrected chi connectivity index (χ0v) is 11.4. The van der Waals surface area contributed by atoms with Crippen LogP contribution in [0.25, 0.3) is 5.69 Å². The summed E-state index contributed by atoms with van der Waals surface area (Å²) in [6.45, 7) is -0.198. The molecule has 0 fully saturated rings. The van der Waals surface area contributed by atoms with Crippen LogP contribution in [-0.4, -0.2) is 27.0 Å². The SMILES string of the molecule is COc1ccc(Br)c(-n2c(CO)n[nH]c2=S)c1. The molecule has 0 radical (unpaired) electrons. The maximum Gasteiger partial charge on any atom is 0.199 e. The molecule has 1 aromatic heterocycles. The number of H-pyrrole nitrogens is 1. The summed E-state index contributed by atoms with van der Waals surface area (Å²) in [6.07, 6.45) is 0. The van der Waals surface area contributed by atoms with Crippen LogP contribution >= 0.6 is 28.1 Å². The lowest BCUT2D eigenvalue weighted by molar-refractivity contribution is 0.268. The highest BCUT2D eigenvalue weighted by atomic mass is 79.9. The van der Waals surface area contributed by atoms with Crippen molar-refractivity contribution in [1.82, 2.24) is 14.8 Å². The Bertz CT molecular complexity index is 593. The second kappa shape index (κ2) is 4.99. The maximum absolute atomic E-state index is 9.21. The minimum Gasteiger partial charge on any atom is -0.497 e.